The van der Waals surface area contributed by atoms with E-state index in [0.29, 0.717) is 18.7 Å². The van der Waals surface area contributed by atoms with Crippen molar-refractivity contribution in [2.45, 2.75) is 0 Å². The summed E-state index contributed by atoms with van der Waals surface area (Å²) in [5, 5.41) is 0. The lowest BCUT2D eigenvalue weighted by atomic mass is 10.1. The zero-order valence-electron chi connectivity index (χ0n) is 16.5. The van der Waals surface area contributed by atoms with Crippen LogP contribution in [-0.4, -0.2) is 44.1 Å². The molecule has 0 aliphatic carbocycles. The third-order valence-corrected chi connectivity index (χ3v) is 5.08. The Balaban J connectivity index is 1.33. The standard InChI is InChI=1S/C24H24N2O3/c1-28-21-11-7-19(8-12-21)24(27)26-17-15-25(16-18-26)20-9-13-23(14-10-20)29-22-5-3-2-4-6-22/h2-14H,15-18H2,1H3. The van der Waals surface area contributed by atoms with Crippen molar-refractivity contribution in [2.75, 3.05) is 38.2 Å². The minimum absolute atomic E-state index is 0.0684. The minimum atomic E-state index is 0.0684. The maximum atomic E-state index is 12.7. The van der Waals surface area contributed by atoms with Gasteiger partial charge in [0.1, 0.15) is 17.2 Å². The Morgan fingerprint density at radius 3 is 1.93 bits per heavy atom. The molecule has 0 unspecified atom stereocenters. The first-order valence-electron chi connectivity index (χ1n) is 9.74. The van der Waals surface area contributed by atoms with Crippen molar-refractivity contribution in [1.82, 2.24) is 4.90 Å². The molecule has 5 nitrogen and oxygen atoms in total. The first-order chi connectivity index (χ1) is 14.2. The van der Waals surface area contributed by atoms with E-state index < -0.39 is 0 Å². The van der Waals surface area contributed by atoms with Crippen molar-refractivity contribution in [3.63, 3.8) is 0 Å². The van der Waals surface area contributed by atoms with E-state index in [1.54, 1.807) is 7.11 Å². The Kier molecular flexibility index (Phi) is 5.66. The van der Waals surface area contributed by atoms with E-state index in [0.717, 1.165) is 36.0 Å². The number of nitrogens with zero attached hydrogens (tertiary/aromatic N) is 2. The van der Waals surface area contributed by atoms with Gasteiger partial charge in [0.15, 0.2) is 0 Å². The van der Waals surface area contributed by atoms with E-state index in [-0.39, 0.29) is 5.91 Å². The number of para-hydroxylation sites is 1. The van der Waals surface area contributed by atoms with Gasteiger partial charge in [-0.2, -0.15) is 0 Å². The van der Waals surface area contributed by atoms with Crippen LogP contribution in [0.4, 0.5) is 5.69 Å². The highest BCUT2D eigenvalue weighted by Gasteiger charge is 2.22. The molecule has 5 heteroatoms. The van der Waals surface area contributed by atoms with Gasteiger partial charge in [0.2, 0.25) is 0 Å². The highest BCUT2D eigenvalue weighted by Crippen LogP contribution is 2.25. The van der Waals surface area contributed by atoms with Gasteiger partial charge < -0.3 is 19.3 Å². The molecule has 3 aromatic carbocycles. The first-order valence-corrected chi connectivity index (χ1v) is 9.74. The fourth-order valence-corrected chi connectivity index (χ4v) is 3.43. The summed E-state index contributed by atoms with van der Waals surface area (Å²) in [6.07, 6.45) is 0. The third kappa shape index (κ3) is 4.51. The summed E-state index contributed by atoms with van der Waals surface area (Å²) >= 11 is 0. The number of anilines is 1. The number of methoxy groups -OCH3 is 1. The van der Waals surface area contributed by atoms with Gasteiger partial charge in [-0.3, -0.25) is 4.79 Å². The summed E-state index contributed by atoms with van der Waals surface area (Å²) in [6.45, 7) is 3.02. The normalized spacial score (nSPS) is 13.8. The Morgan fingerprint density at radius 2 is 1.31 bits per heavy atom. The van der Waals surface area contributed by atoms with Crippen LogP contribution in [0, 0.1) is 0 Å². The van der Waals surface area contributed by atoms with Crippen LogP contribution < -0.4 is 14.4 Å². The molecule has 1 saturated heterocycles. The Labute approximate surface area is 171 Å². The lowest BCUT2D eigenvalue weighted by molar-refractivity contribution is 0.0747. The number of carbonyl (C=O) groups is 1. The molecule has 4 rings (SSSR count). The van der Waals surface area contributed by atoms with Crippen LogP contribution in [0.25, 0.3) is 0 Å². The van der Waals surface area contributed by atoms with Crippen molar-refractivity contribution in [1.29, 1.82) is 0 Å². The number of amides is 1. The number of piperazine rings is 1. The number of carbonyl (C=O) groups excluding carboxylic acids is 1. The molecule has 0 radical (unpaired) electrons. The Hall–Kier alpha value is -3.47. The van der Waals surface area contributed by atoms with Crippen molar-refractivity contribution < 1.29 is 14.3 Å². The fourth-order valence-electron chi connectivity index (χ4n) is 3.43. The molecule has 0 bridgehead atoms. The molecule has 1 aliphatic rings. The van der Waals surface area contributed by atoms with Crippen LogP contribution >= 0.6 is 0 Å². The maximum absolute atomic E-state index is 12.7. The summed E-state index contributed by atoms with van der Waals surface area (Å²) in [6, 6.07) is 25.1. The Bertz CT molecular complexity index is 932. The zero-order chi connectivity index (χ0) is 20.1. The zero-order valence-corrected chi connectivity index (χ0v) is 16.5. The van der Waals surface area contributed by atoms with Gasteiger partial charge in [-0.15, -0.1) is 0 Å². The van der Waals surface area contributed by atoms with Crippen molar-refractivity contribution >= 4 is 11.6 Å². The topological polar surface area (TPSA) is 42.0 Å². The molecule has 1 heterocycles. The quantitative estimate of drug-likeness (QED) is 0.648. The van der Waals surface area contributed by atoms with Crippen LogP contribution in [-0.2, 0) is 0 Å². The number of ether oxygens (including phenoxy) is 2. The van der Waals surface area contributed by atoms with Crippen molar-refractivity contribution in [2.24, 2.45) is 0 Å². The highest BCUT2D eigenvalue weighted by molar-refractivity contribution is 5.94. The first kappa shape index (κ1) is 18.9. The molecule has 0 saturated carbocycles. The van der Waals surface area contributed by atoms with Crippen LogP contribution in [0.5, 0.6) is 17.2 Å². The number of rotatable bonds is 5. The van der Waals surface area contributed by atoms with Crippen molar-refractivity contribution in [3.8, 4) is 17.2 Å². The van der Waals surface area contributed by atoms with Crippen LogP contribution in [0.1, 0.15) is 10.4 Å². The molecule has 1 amide bonds. The predicted molar refractivity (Wildman–Crippen MR) is 114 cm³/mol. The molecular weight excluding hydrogens is 364 g/mol. The summed E-state index contributed by atoms with van der Waals surface area (Å²) in [5.41, 5.74) is 1.84. The van der Waals surface area contributed by atoms with Crippen molar-refractivity contribution in [3.05, 3.63) is 84.4 Å². The molecule has 148 valence electrons. The minimum Gasteiger partial charge on any atom is -0.497 e. The number of benzene rings is 3. The molecule has 1 aliphatic heterocycles. The molecule has 0 atom stereocenters. The molecule has 3 aromatic rings. The average molecular weight is 388 g/mol. The lowest BCUT2D eigenvalue weighted by Crippen LogP contribution is -2.48. The van der Waals surface area contributed by atoms with E-state index in [2.05, 4.69) is 17.0 Å². The van der Waals surface area contributed by atoms with Gasteiger partial charge in [-0.25, -0.2) is 0 Å². The second kappa shape index (κ2) is 8.69. The predicted octanol–water partition coefficient (Wildman–Crippen LogP) is 4.45. The molecule has 29 heavy (non-hydrogen) atoms. The maximum Gasteiger partial charge on any atom is 0.253 e. The van der Waals surface area contributed by atoms with Gasteiger partial charge >= 0.3 is 0 Å². The van der Waals surface area contributed by atoms with E-state index in [1.807, 2.05) is 71.6 Å². The molecule has 0 N–H and O–H groups in total. The van der Waals surface area contributed by atoms with Gasteiger partial charge in [0.25, 0.3) is 5.91 Å². The highest BCUT2D eigenvalue weighted by atomic mass is 16.5. The van der Waals surface area contributed by atoms with Crippen LogP contribution in [0.2, 0.25) is 0 Å². The second-order valence-electron chi connectivity index (χ2n) is 6.92. The van der Waals surface area contributed by atoms with Crippen LogP contribution in [0.3, 0.4) is 0 Å². The van der Waals surface area contributed by atoms with E-state index in [4.69, 9.17) is 9.47 Å². The summed E-state index contributed by atoms with van der Waals surface area (Å²) in [5.74, 6) is 2.46. The fraction of sp³-hybridized carbons (Fsp3) is 0.208. The SMILES string of the molecule is COc1ccc(C(=O)N2CCN(c3ccc(Oc4ccccc4)cc3)CC2)cc1. The van der Waals surface area contributed by atoms with Gasteiger partial charge in [-0.05, 0) is 60.7 Å². The molecule has 0 spiro atoms. The third-order valence-electron chi connectivity index (χ3n) is 5.08. The number of hydrogen-bond donors (Lipinski definition) is 0. The van der Waals surface area contributed by atoms with E-state index in [1.165, 1.54) is 0 Å². The smallest absolute Gasteiger partial charge is 0.253 e. The monoisotopic (exact) mass is 388 g/mol. The Morgan fingerprint density at radius 1 is 0.724 bits per heavy atom. The number of hydrogen-bond acceptors (Lipinski definition) is 4. The molecular formula is C24H24N2O3. The molecule has 1 fully saturated rings. The summed E-state index contributed by atoms with van der Waals surface area (Å²) in [7, 11) is 1.62. The molecule has 0 aromatic heterocycles. The summed E-state index contributed by atoms with van der Waals surface area (Å²) in [4.78, 5) is 16.9. The van der Waals surface area contributed by atoms with Gasteiger partial charge in [0, 0.05) is 37.4 Å². The van der Waals surface area contributed by atoms with E-state index in [9.17, 15) is 4.79 Å². The van der Waals surface area contributed by atoms with Gasteiger partial charge in [-0.1, -0.05) is 18.2 Å². The largest absolute Gasteiger partial charge is 0.497 e. The van der Waals surface area contributed by atoms with Crippen LogP contribution in [0.15, 0.2) is 78.9 Å². The van der Waals surface area contributed by atoms with Gasteiger partial charge in [0.05, 0.1) is 7.11 Å². The van der Waals surface area contributed by atoms with E-state index >= 15 is 0 Å². The average Bonchev–Trinajstić information content (AvgIpc) is 2.80. The summed E-state index contributed by atoms with van der Waals surface area (Å²) < 4.78 is 11.0. The second-order valence-corrected chi connectivity index (χ2v) is 6.92. The lowest BCUT2D eigenvalue weighted by Gasteiger charge is -2.36.